The molecule has 9 nitrogen and oxygen atoms in total. The van der Waals surface area contributed by atoms with Gasteiger partial charge in [0.25, 0.3) is 11.5 Å². The van der Waals surface area contributed by atoms with Crippen LogP contribution in [0.1, 0.15) is 23.2 Å². The van der Waals surface area contributed by atoms with E-state index in [9.17, 15) is 19.2 Å². The van der Waals surface area contributed by atoms with E-state index in [0.717, 1.165) is 4.90 Å². The van der Waals surface area contributed by atoms with E-state index in [-0.39, 0.29) is 25.1 Å². The van der Waals surface area contributed by atoms with E-state index >= 15 is 0 Å². The lowest BCUT2D eigenvalue weighted by Crippen LogP contribution is -2.37. The molecule has 1 aromatic heterocycles. The molecule has 1 aliphatic rings. The number of nitrogens with one attached hydrogen (secondary N) is 1. The quantitative estimate of drug-likeness (QED) is 0.583. The Bertz CT molecular complexity index is 836. The fourth-order valence-electron chi connectivity index (χ4n) is 2.72. The van der Waals surface area contributed by atoms with Crippen LogP contribution < -0.4 is 10.9 Å². The molecular formula is C16H18N4O5. The van der Waals surface area contributed by atoms with Gasteiger partial charge in [0.2, 0.25) is 0 Å². The minimum atomic E-state index is -0.967. The number of carbonyl (C=O) groups is 3. The number of aromatic nitrogens is 1. The third kappa shape index (κ3) is 3.52. The smallest absolute Gasteiger partial charge is 0.324 e. The highest BCUT2D eigenvalue weighted by molar-refractivity contribution is 6.05. The van der Waals surface area contributed by atoms with Crippen molar-refractivity contribution in [3.05, 3.63) is 33.2 Å². The summed E-state index contributed by atoms with van der Waals surface area (Å²) in [7, 11) is 1.20. The number of pyridine rings is 1. The van der Waals surface area contributed by atoms with E-state index in [1.165, 1.54) is 11.7 Å². The predicted octanol–water partition coefficient (Wildman–Crippen LogP) is -0.180. The summed E-state index contributed by atoms with van der Waals surface area (Å²) in [6.07, 6.45) is -0.250. The Morgan fingerprint density at radius 1 is 1.32 bits per heavy atom. The Morgan fingerprint density at radius 2 is 2.00 bits per heavy atom. The molecule has 25 heavy (non-hydrogen) atoms. The van der Waals surface area contributed by atoms with Crippen LogP contribution in [-0.2, 0) is 20.9 Å². The Hall–Kier alpha value is -3.15. The zero-order valence-corrected chi connectivity index (χ0v) is 14.2. The zero-order chi connectivity index (χ0) is 18.7. The molecule has 0 spiro atoms. The third-order valence-corrected chi connectivity index (χ3v) is 4.07. The predicted molar refractivity (Wildman–Crippen MR) is 85.6 cm³/mol. The number of methoxy groups -OCH3 is 1. The third-order valence-electron chi connectivity index (χ3n) is 4.07. The average Bonchev–Trinajstić information content (AvgIpc) is 2.81. The van der Waals surface area contributed by atoms with Gasteiger partial charge in [-0.2, -0.15) is 5.26 Å². The van der Waals surface area contributed by atoms with Crippen molar-refractivity contribution in [1.82, 2.24) is 14.8 Å². The Labute approximate surface area is 143 Å². The first-order valence-electron chi connectivity index (χ1n) is 7.60. The van der Waals surface area contributed by atoms with Gasteiger partial charge in [0.1, 0.15) is 17.7 Å². The first kappa shape index (κ1) is 18.2. The maximum atomic E-state index is 12.3. The molecule has 1 aliphatic heterocycles. The van der Waals surface area contributed by atoms with Crippen LogP contribution >= 0.6 is 0 Å². The van der Waals surface area contributed by atoms with Crippen LogP contribution in [0.15, 0.2) is 10.9 Å². The first-order valence-corrected chi connectivity index (χ1v) is 7.60. The van der Waals surface area contributed by atoms with Crippen LogP contribution in [-0.4, -0.2) is 47.1 Å². The van der Waals surface area contributed by atoms with Crippen molar-refractivity contribution in [2.24, 2.45) is 0 Å². The van der Waals surface area contributed by atoms with Crippen molar-refractivity contribution in [3.8, 4) is 6.07 Å². The summed E-state index contributed by atoms with van der Waals surface area (Å²) >= 11 is 0. The number of aryl methyl sites for hydroxylation is 2. The van der Waals surface area contributed by atoms with Crippen molar-refractivity contribution in [2.75, 3.05) is 13.7 Å². The molecule has 0 radical (unpaired) electrons. The summed E-state index contributed by atoms with van der Waals surface area (Å²) < 4.78 is 5.84. The number of rotatable bonds is 5. The summed E-state index contributed by atoms with van der Waals surface area (Å²) in [5.41, 5.74) is 0.776. The molecule has 0 bridgehead atoms. The summed E-state index contributed by atoms with van der Waals surface area (Å²) in [6.45, 7) is 3.40. The second-order valence-corrected chi connectivity index (χ2v) is 5.68. The highest BCUT2D eigenvalue weighted by Crippen LogP contribution is 2.11. The second kappa shape index (κ2) is 7.17. The van der Waals surface area contributed by atoms with Gasteiger partial charge in [0, 0.05) is 18.8 Å². The number of nitrogens with zero attached hydrogens (tertiary/aromatic N) is 3. The highest BCUT2D eigenvalue weighted by Gasteiger charge is 2.39. The van der Waals surface area contributed by atoms with Gasteiger partial charge in [-0.05, 0) is 25.5 Å². The minimum absolute atomic E-state index is 0.0337. The van der Waals surface area contributed by atoms with Crippen molar-refractivity contribution in [2.45, 2.75) is 32.9 Å². The standard InChI is InChI=1S/C16H18N4O5/c1-9-6-10(2)19(14(22)11(9)8-17)4-5-20-15(23)12(18-16(20)24)7-13(21)25-3/h6,12H,4-5,7H2,1-3H3,(H,18,24)/t12-/m1/s1. The molecule has 2 heterocycles. The molecule has 1 aromatic rings. The van der Waals surface area contributed by atoms with Gasteiger partial charge in [-0.25, -0.2) is 4.79 Å². The molecule has 2 rings (SSSR count). The number of ether oxygens (including phenoxy) is 1. The number of esters is 1. The number of hydrogen-bond donors (Lipinski definition) is 1. The van der Waals surface area contributed by atoms with Gasteiger partial charge in [0.15, 0.2) is 0 Å². The van der Waals surface area contributed by atoms with Gasteiger partial charge in [0.05, 0.1) is 13.5 Å². The summed E-state index contributed by atoms with van der Waals surface area (Å²) in [5, 5.41) is 11.5. The second-order valence-electron chi connectivity index (χ2n) is 5.68. The monoisotopic (exact) mass is 346 g/mol. The molecule has 0 aliphatic carbocycles. The lowest BCUT2D eigenvalue weighted by atomic mass is 10.1. The van der Waals surface area contributed by atoms with Crippen LogP contribution in [0, 0.1) is 25.2 Å². The van der Waals surface area contributed by atoms with Crippen LogP contribution in [0.25, 0.3) is 0 Å². The summed E-state index contributed by atoms with van der Waals surface area (Å²) in [6, 6.07) is 1.97. The van der Waals surface area contributed by atoms with Gasteiger partial charge < -0.3 is 14.6 Å². The summed E-state index contributed by atoms with van der Waals surface area (Å²) in [5.74, 6) is -1.15. The molecule has 1 atom stereocenters. The fraction of sp³-hybridized carbons (Fsp3) is 0.438. The molecule has 9 heteroatoms. The maximum absolute atomic E-state index is 12.3. The molecule has 1 N–H and O–H groups in total. The van der Waals surface area contributed by atoms with Crippen LogP contribution in [0.2, 0.25) is 0 Å². The lowest BCUT2D eigenvalue weighted by molar-refractivity contribution is -0.143. The van der Waals surface area contributed by atoms with E-state index in [1.807, 2.05) is 6.07 Å². The zero-order valence-electron chi connectivity index (χ0n) is 14.2. The fourth-order valence-corrected chi connectivity index (χ4v) is 2.72. The van der Waals surface area contributed by atoms with E-state index in [4.69, 9.17) is 5.26 Å². The molecular weight excluding hydrogens is 328 g/mol. The van der Waals surface area contributed by atoms with Gasteiger partial charge in [-0.3, -0.25) is 19.3 Å². The van der Waals surface area contributed by atoms with Crippen molar-refractivity contribution in [3.63, 3.8) is 0 Å². The number of carbonyl (C=O) groups excluding carboxylic acids is 3. The number of imide groups is 1. The topological polar surface area (TPSA) is 122 Å². The first-order chi connectivity index (χ1) is 11.8. The number of amides is 3. The number of urea groups is 1. The van der Waals surface area contributed by atoms with E-state index in [0.29, 0.717) is 11.3 Å². The normalized spacial score (nSPS) is 16.6. The maximum Gasteiger partial charge on any atom is 0.324 e. The number of nitriles is 1. The van der Waals surface area contributed by atoms with Crippen molar-refractivity contribution >= 4 is 17.9 Å². The van der Waals surface area contributed by atoms with Crippen molar-refractivity contribution < 1.29 is 19.1 Å². The Kier molecular flexibility index (Phi) is 5.22. The molecule has 0 saturated carbocycles. The molecule has 0 aromatic carbocycles. The Balaban J connectivity index is 2.16. The summed E-state index contributed by atoms with van der Waals surface area (Å²) in [4.78, 5) is 48.7. The lowest BCUT2D eigenvalue weighted by Gasteiger charge is -2.16. The highest BCUT2D eigenvalue weighted by atomic mass is 16.5. The molecule has 0 unspecified atom stereocenters. The minimum Gasteiger partial charge on any atom is -0.469 e. The number of hydrogen-bond acceptors (Lipinski definition) is 6. The van der Waals surface area contributed by atoms with E-state index in [2.05, 4.69) is 10.1 Å². The van der Waals surface area contributed by atoms with Crippen LogP contribution in [0.5, 0.6) is 0 Å². The molecule has 132 valence electrons. The SMILES string of the molecule is COC(=O)C[C@H]1NC(=O)N(CCn2c(C)cc(C)c(C#N)c2=O)C1=O. The largest absolute Gasteiger partial charge is 0.469 e. The van der Waals surface area contributed by atoms with Gasteiger partial charge >= 0.3 is 12.0 Å². The molecule has 1 fully saturated rings. The average molecular weight is 346 g/mol. The molecule has 1 saturated heterocycles. The van der Waals surface area contributed by atoms with Crippen molar-refractivity contribution in [1.29, 1.82) is 5.26 Å². The van der Waals surface area contributed by atoms with Gasteiger partial charge in [-0.15, -0.1) is 0 Å². The van der Waals surface area contributed by atoms with Crippen LogP contribution in [0.3, 0.4) is 0 Å². The Morgan fingerprint density at radius 3 is 2.60 bits per heavy atom. The molecule has 3 amide bonds. The van der Waals surface area contributed by atoms with E-state index < -0.39 is 29.5 Å². The van der Waals surface area contributed by atoms with E-state index in [1.54, 1.807) is 19.9 Å². The van der Waals surface area contributed by atoms with Gasteiger partial charge in [-0.1, -0.05) is 0 Å². The van der Waals surface area contributed by atoms with Crippen LogP contribution in [0.4, 0.5) is 4.79 Å².